The maximum atomic E-state index is 3.83. The van der Waals surface area contributed by atoms with Gasteiger partial charge in [-0.3, -0.25) is 0 Å². The smallest absolute Gasteiger partial charge is 0.104 e. The Kier molecular flexibility index (Phi) is 12.2. The molecule has 0 atom stereocenters. The molecule has 0 N–H and O–H groups in total. The zero-order valence-electron chi connectivity index (χ0n) is 15.5. The minimum atomic E-state index is 0. The molecule has 1 aromatic carbocycles. The molecule has 0 radical (unpaired) electrons. The summed E-state index contributed by atoms with van der Waals surface area (Å²) in [7, 11) is 0. The van der Waals surface area contributed by atoms with Crippen molar-refractivity contribution >= 4 is 6.08 Å². The summed E-state index contributed by atoms with van der Waals surface area (Å²) in [4.78, 5) is 0. The first-order chi connectivity index (χ1) is 10.7. The fourth-order valence-corrected chi connectivity index (χ4v) is 3.22. The minimum Gasteiger partial charge on any atom is -1.00 e. The Morgan fingerprint density at radius 3 is 1.96 bits per heavy atom. The van der Waals surface area contributed by atoms with Crippen LogP contribution in [0.15, 0.2) is 30.8 Å². The third-order valence-corrected chi connectivity index (χ3v) is 5.06. The van der Waals surface area contributed by atoms with E-state index in [0.717, 1.165) is 0 Å². The van der Waals surface area contributed by atoms with Crippen LogP contribution in [0.3, 0.4) is 0 Å². The van der Waals surface area contributed by atoms with Gasteiger partial charge < -0.3 is 16.9 Å². The molecule has 2 heteroatoms. The van der Waals surface area contributed by atoms with Gasteiger partial charge in [-0.25, -0.2) is 0 Å². The van der Waals surface area contributed by atoms with Crippen LogP contribution in [0.5, 0.6) is 0 Å². The molecule has 0 fully saturated rings. The van der Waals surface area contributed by atoms with Gasteiger partial charge >= 0.3 is 0 Å². The van der Waals surface area contributed by atoms with Gasteiger partial charge in [-0.05, 0) is 32.3 Å². The summed E-state index contributed by atoms with van der Waals surface area (Å²) in [5, 5.41) is 0. The van der Waals surface area contributed by atoms with Crippen LogP contribution in [0.25, 0.3) is 6.08 Å². The Balaban J connectivity index is 0.00000484. The molecule has 23 heavy (non-hydrogen) atoms. The van der Waals surface area contributed by atoms with Crippen molar-refractivity contribution in [3.63, 3.8) is 0 Å². The van der Waals surface area contributed by atoms with E-state index in [0.29, 0.717) is 0 Å². The summed E-state index contributed by atoms with van der Waals surface area (Å²) in [6.45, 7) is 15.8. The molecule has 1 rings (SSSR count). The molecule has 0 saturated heterocycles. The van der Waals surface area contributed by atoms with E-state index in [1.807, 2.05) is 6.08 Å². The monoisotopic (exact) mass is 337 g/mol. The highest BCUT2D eigenvalue weighted by atomic mass is 35.5. The van der Waals surface area contributed by atoms with Crippen molar-refractivity contribution in [1.29, 1.82) is 0 Å². The van der Waals surface area contributed by atoms with E-state index < -0.39 is 0 Å². The number of unbranched alkanes of at least 4 members (excludes halogenated alkanes) is 5. The van der Waals surface area contributed by atoms with Gasteiger partial charge in [0.25, 0.3) is 0 Å². The Morgan fingerprint density at radius 2 is 1.43 bits per heavy atom. The molecular formula is C21H36ClN. The third kappa shape index (κ3) is 8.04. The second kappa shape index (κ2) is 12.6. The van der Waals surface area contributed by atoms with Gasteiger partial charge in [-0.15, -0.1) is 0 Å². The number of halogens is 1. The van der Waals surface area contributed by atoms with E-state index in [2.05, 4.69) is 51.6 Å². The highest BCUT2D eigenvalue weighted by Gasteiger charge is 2.22. The molecule has 0 aliphatic carbocycles. The molecule has 0 unspecified atom stereocenters. The number of hydrogen-bond donors (Lipinski definition) is 0. The lowest BCUT2D eigenvalue weighted by Gasteiger charge is -2.37. The predicted molar refractivity (Wildman–Crippen MR) is 99.8 cm³/mol. The molecule has 0 bridgehead atoms. The maximum Gasteiger partial charge on any atom is 0.104 e. The standard InChI is InChI=1S/C21H36N.ClH/c1-5-9-10-11-12-13-18-22(7-3,8-4)19-21-16-14-20(6-2)15-17-21;/h6,14-17H,2,5,7-13,18-19H2,1,3-4H3;1H/q+1;/p-1. The van der Waals surface area contributed by atoms with Crippen LogP contribution in [-0.4, -0.2) is 24.1 Å². The van der Waals surface area contributed by atoms with Crippen molar-refractivity contribution < 1.29 is 16.9 Å². The largest absolute Gasteiger partial charge is 1.00 e. The zero-order valence-corrected chi connectivity index (χ0v) is 16.2. The summed E-state index contributed by atoms with van der Waals surface area (Å²) < 4.78 is 1.22. The number of nitrogens with zero attached hydrogens (tertiary/aromatic N) is 1. The average molecular weight is 338 g/mol. The van der Waals surface area contributed by atoms with Crippen LogP contribution in [-0.2, 0) is 6.54 Å². The highest BCUT2D eigenvalue weighted by Crippen LogP contribution is 2.18. The first-order valence-electron chi connectivity index (χ1n) is 9.26. The fraction of sp³-hybridized carbons (Fsp3) is 0.619. The number of hydrogen-bond acceptors (Lipinski definition) is 0. The molecule has 1 aromatic rings. The lowest BCUT2D eigenvalue weighted by atomic mass is 10.1. The second-order valence-corrected chi connectivity index (χ2v) is 6.57. The highest BCUT2D eigenvalue weighted by molar-refractivity contribution is 5.47. The first kappa shape index (κ1) is 22.2. The lowest BCUT2D eigenvalue weighted by Crippen LogP contribution is -3.00. The van der Waals surface area contributed by atoms with E-state index in [1.165, 1.54) is 80.3 Å². The summed E-state index contributed by atoms with van der Waals surface area (Å²) in [6, 6.07) is 8.92. The predicted octanol–water partition coefficient (Wildman–Crippen LogP) is 3.05. The van der Waals surface area contributed by atoms with Crippen molar-refractivity contribution in [1.82, 2.24) is 0 Å². The van der Waals surface area contributed by atoms with Gasteiger partial charge in [0, 0.05) is 5.56 Å². The van der Waals surface area contributed by atoms with Gasteiger partial charge in [-0.2, -0.15) is 0 Å². The van der Waals surface area contributed by atoms with Gasteiger partial charge in [0.1, 0.15) is 6.54 Å². The summed E-state index contributed by atoms with van der Waals surface area (Å²) in [5.74, 6) is 0. The lowest BCUT2D eigenvalue weighted by molar-refractivity contribution is -0.938. The van der Waals surface area contributed by atoms with Crippen LogP contribution < -0.4 is 12.4 Å². The molecule has 132 valence electrons. The Morgan fingerprint density at radius 1 is 0.870 bits per heavy atom. The van der Waals surface area contributed by atoms with E-state index in [4.69, 9.17) is 0 Å². The zero-order chi connectivity index (χ0) is 16.3. The quantitative estimate of drug-likeness (QED) is 0.406. The van der Waals surface area contributed by atoms with Crippen molar-refractivity contribution in [2.75, 3.05) is 19.6 Å². The van der Waals surface area contributed by atoms with Crippen molar-refractivity contribution in [3.05, 3.63) is 42.0 Å². The van der Waals surface area contributed by atoms with Crippen LogP contribution in [0.2, 0.25) is 0 Å². The minimum absolute atomic E-state index is 0. The molecular weight excluding hydrogens is 302 g/mol. The van der Waals surface area contributed by atoms with E-state index in [1.54, 1.807) is 0 Å². The van der Waals surface area contributed by atoms with E-state index in [-0.39, 0.29) is 12.4 Å². The molecule has 1 nitrogen and oxygen atoms in total. The SMILES string of the molecule is C=Cc1ccc(C[N+](CC)(CC)CCCCCCCC)cc1.[Cl-]. The molecule has 0 spiro atoms. The molecule has 0 aromatic heterocycles. The maximum absolute atomic E-state index is 3.83. The van der Waals surface area contributed by atoms with E-state index in [9.17, 15) is 0 Å². The molecule has 0 amide bonds. The normalized spacial score (nSPS) is 11.1. The Bertz CT molecular complexity index is 406. The molecule has 0 aliphatic rings. The Hall–Kier alpha value is -0.790. The summed E-state index contributed by atoms with van der Waals surface area (Å²) in [6.07, 6.45) is 10.3. The van der Waals surface area contributed by atoms with Gasteiger partial charge in [-0.1, -0.05) is 69.5 Å². The van der Waals surface area contributed by atoms with Gasteiger partial charge in [0.2, 0.25) is 0 Å². The van der Waals surface area contributed by atoms with Crippen LogP contribution in [0.4, 0.5) is 0 Å². The summed E-state index contributed by atoms with van der Waals surface area (Å²) in [5.41, 5.74) is 2.67. The van der Waals surface area contributed by atoms with Crippen molar-refractivity contribution in [3.8, 4) is 0 Å². The van der Waals surface area contributed by atoms with Crippen LogP contribution in [0, 0.1) is 0 Å². The first-order valence-corrected chi connectivity index (χ1v) is 9.26. The molecule has 0 heterocycles. The van der Waals surface area contributed by atoms with Crippen molar-refractivity contribution in [2.24, 2.45) is 0 Å². The average Bonchev–Trinajstić information content (AvgIpc) is 2.57. The number of quaternary nitrogens is 1. The third-order valence-electron chi connectivity index (χ3n) is 5.06. The molecule has 0 saturated carbocycles. The topological polar surface area (TPSA) is 0 Å². The van der Waals surface area contributed by atoms with Gasteiger partial charge in [0.05, 0.1) is 19.6 Å². The van der Waals surface area contributed by atoms with Crippen molar-refractivity contribution in [2.45, 2.75) is 65.8 Å². The number of rotatable bonds is 12. The fourth-order valence-electron chi connectivity index (χ4n) is 3.22. The second-order valence-electron chi connectivity index (χ2n) is 6.57. The van der Waals surface area contributed by atoms with Crippen LogP contribution >= 0.6 is 0 Å². The van der Waals surface area contributed by atoms with E-state index >= 15 is 0 Å². The Labute approximate surface area is 150 Å². The summed E-state index contributed by atoms with van der Waals surface area (Å²) >= 11 is 0. The van der Waals surface area contributed by atoms with Crippen LogP contribution in [0.1, 0.15) is 70.4 Å². The number of benzene rings is 1. The molecule has 0 aliphatic heterocycles. The van der Waals surface area contributed by atoms with Gasteiger partial charge in [0.15, 0.2) is 0 Å².